The fourth-order valence-electron chi connectivity index (χ4n) is 11.4. The molecule has 0 spiro atoms. The molecule has 2 heterocycles. The molecule has 0 bridgehead atoms. The van der Waals surface area contributed by atoms with Crippen molar-refractivity contribution in [1.82, 2.24) is 89.7 Å². The maximum Gasteiger partial charge on any atom is 0.326 e. The largest absolute Gasteiger partial charge is 0.481 e. The van der Waals surface area contributed by atoms with Crippen LogP contribution in [0.3, 0.4) is 0 Å². The van der Waals surface area contributed by atoms with Gasteiger partial charge in [-0.2, -0.15) is 0 Å². The number of aromatic nitrogens is 2. The van der Waals surface area contributed by atoms with Crippen molar-refractivity contribution in [3.05, 3.63) is 72.1 Å². The van der Waals surface area contributed by atoms with Gasteiger partial charge in [0.05, 0.1) is 57.5 Å². The Hall–Kier alpha value is -12.7. The number of aliphatic hydroxyl groups excluding tert-OH is 5. The number of hydrogen-bond acceptors (Lipinski definition) is 24. The van der Waals surface area contributed by atoms with Crippen LogP contribution in [-0.2, 0) is 89.6 Å². The van der Waals surface area contributed by atoms with E-state index in [4.69, 9.17) is 33.1 Å². The molecule has 116 heavy (non-hydrogen) atoms. The van der Waals surface area contributed by atoms with Crippen LogP contribution in [0.2, 0.25) is 0 Å². The van der Waals surface area contributed by atoms with Crippen LogP contribution >= 0.6 is 0 Å². The summed E-state index contributed by atoms with van der Waals surface area (Å²) in [6, 6.07) is -9.12. The molecule has 0 aliphatic heterocycles. The molecule has 0 aliphatic rings. The lowest BCUT2D eigenvalue weighted by molar-refractivity contribution is -0.147. The van der Waals surface area contributed by atoms with Crippen LogP contribution in [0.1, 0.15) is 90.7 Å². The fourth-order valence-corrected chi connectivity index (χ4v) is 11.4. The Morgan fingerprint density at radius 3 is 1.24 bits per heavy atom. The van der Waals surface area contributed by atoms with E-state index in [2.05, 4.69) is 68.5 Å². The molecule has 0 fully saturated rings. The molecular weight excluding hydrogens is 1530 g/mol. The summed E-state index contributed by atoms with van der Waals surface area (Å²) in [5.41, 5.74) is 19.5. The number of amides is 13. The monoisotopic (exact) mass is 1640 g/mol. The molecule has 4 rings (SSSR count). The van der Waals surface area contributed by atoms with Crippen molar-refractivity contribution in [2.24, 2.45) is 23.1 Å². The molecular formula is C70H104N22O24. The van der Waals surface area contributed by atoms with E-state index < -0.39 is 243 Å². The van der Waals surface area contributed by atoms with Gasteiger partial charge in [-0.1, -0.05) is 50.2 Å². The summed E-state index contributed by atoms with van der Waals surface area (Å²) in [6.07, 6.45) is -3.81. The van der Waals surface area contributed by atoms with Gasteiger partial charge in [-0.05, 0) is 88.5 Å². The van der Waals surface area contributed by atoms with Gasteiger partial charge in [0.15, 0.2) is 11.9 Å². The predicted molar refractivity (Wildman–Crippen MR) is 408 cm³/mol. The van der Waals surface area contributed by atoms with Gasteiger partial charge < -0.3 is 148 Å². The van der Waals surface area contributed by atoms with Gasteiger partial charge in [0, 0.05) is 53.7 Å². The Labute approximate surface area is 662 Å². The molecule has 638 valence electrons. The van der Waals surface area contributed by atoms with Gasteiger partial charge >= 0.3 is 17.9 Å². The number of guanidine groups is 2. The highest BCUT2D eigenvalue weighted by atomic mass is 16.4. The first-order chi connectivity index (χ1) is 54.7. The average molecular weight is 1640 g/mol. The number of hydrogen-bond donors (Lipinski definition) is 30. The second-order valence-electron chi connectivity index (χ2n) is 27.4. The van der Waals surface area contributed by atoms with Crippen molar-refractivity contribution < 1.29 is 118 Å². The molecule has 46 nitrogen and oxygen atoms in total. The van der Waals surface area contributed by atoms with E-state index in [0.717, 1.165) is 30.3 Å². The number of aromatic amines is 2. The van der Waals surface area contributed by atoms with E-state index in [-0.39, 0.29) is 57.5 Å². The summed E-state index contributed by atoms with van der Waals surface area (Å²) >= 11 is 0. The zero-order chi connectivity index (χ0) is 86.8. The molecule has 13 amide bonds. The molecule has 2 aromatic heterocycles. The number of nitrogens with one attached hydrogen (secondary N) is 19. The van der Waals surface area contributed by atoms with Gasteiger partial charge in [-0.25, -0.2) is 4.79 Å². The fraction of sp³-hybridized carbons (Fsp3) is 0.514. The number of H-pyrrole nitrogens is 2. The highest BCUT2D eigenvalue weighted by Gasteiger charge is 2.39. The summed E-state index contributed by atoms with van der Waals surface area (Å²) in [5.74, 6) is -21.7. The Balaban J connectivity index is 1.50. The van der Waals surface area contributed by atoms with Crippen LogP contribution in [0.25, 0.3) is 21.8 Å². The zero-order valence-electron chi connectivity index (χ0n) is 64.0. The number of carboxylic acids is 3. The molecule has 0 radical (unpaired) electrons. The van der Waals surface area contributed by atoms with Crippen LogP contribution < -0.4 is 97.0 Å². The quantitative estimate of drug-likeness (QED) is 0.0111. The second kappa shape index (κ2) is 47.1. The molecule has 4 aromatic rings. The third-order valence-corrected chi connectivity index (χ3v) is 17.5. The topological polar surface area (TPSA) is 773 Å². The molecule has 46 heteroatoms. The lowest BCUT2D eigenvalue weighted by atomic mass is 10.0. The molecule has 0 unspecified atom stereocenters. The Kier molecular flexibility index (Phi) is 38.9. The highest BCUT2D eigenvalue weighted by molar-refractivity contribution is 6.01. The smallest absolute Gasteiger partial charge is 0.326 e. The van der Waals surface area contributed by atoms with E-state index in [1.807, 2.05) is 45.5 Å². The standard InChI is InChI=1S/C70H104N22O24/c1-31(2)20-44(86-57(104)39(71)21-35-25-78-40-14-8-6-12-37(35)40)61(108)81-32(3)56(103)85-46(23-52(99)100)63(110)91-54(33(4)96)66(113)87-45(22-36-26-79-41-15-9-7-13-38(36)41)62(109)83-43(17-11-19-77-70(74)75)60(107)89-50(30-95)65(112)92-55(34(5)97)67(114)90-48(28-93)58(105)80-27-51(98)82-49(29-94)64(111)84-42(16-10-18-76-69(72)73)59(106)88-47(68(115)116)24-53(101)102/h6-9,12-15,25-26,31-34,39,42-50,54-55,78-79,93-97H,10-11,16-24,27-30,71H2,1-5H3,(H,80,105)(H,81,108)(H,82,98)(H,83,109)(H,84,111)(H,85,103)(H,86,104)(H,87,113)(H,88,106)(H,89,107)(H,90,114)(H,91,110)(H,92,112)(H,99,100)(H,101,102)(H,115,116)(H4,72,73,76)(H4,74,75,77)/t32-,33+,34+,39-,42-,43-,44-,45-,46-,47-,48-,49-,50-,54-,55-/m0/s1. The number of aliphatic carboxylic acids is 3. The summed E-state index contributed by atoms with van der Waals surface area (Å²) in [6.45, 7) is 1.89. The molecule has 0 saturated heterocycles. The number of benzene rings is 2. The number of rotatable bonds is 50. The average Bonchev–Trinajstić information content (AvgIpc) is 1.66. The van der Waals surface area contributed by atoms with Gasteiger partial charge in [0.25, 0.3) is 0 Å². The van der Waals surface area contributed by atoms with E-state index in [1.54, 1.807) is 44.3 Å². The second-order valence-corrected chi connectivity index (χ2v) is 27.4. The van der Waals surface area contributed by atoms with Gasteiger partial charge in [0.2, 0.25) is 76.8 Å². The minimum atomic E-state index is -2.08. The first-order valence-electron chi connectivity index (χ1n) is 36.5. The Bertz CT molecular complexity index is 4150. The summed E-state index contributed by atoms with van der Waals surface area (Å²) < 4.78 is 0. The summed E-state index contributed by atoms with van der Waals surface area (Å²) in [4.78, 5) is 220. The van der Waals surface area contributed by atoms with Gasteiger partial charge in [-0.3, -0.25) is 82.7 Å². The SMILES string of the molecule is CC(C)C[C@H](NC(=O)[C@@H](N)Cc1c[nH]c2ccccc12)C(=O)N[C@@H](C)C(=O)N[C@@H](CC(=O)O)C(=O)N[C@H](C(=O)N[C@@H](Cc1c[nH]c2ccccc12)C(=O)N[C@@H](CCCNC(=N)N)C(=O)N[C@@H](CO)C(=O)N[C@H](C(=O)N[C@@H](CO)C(=O)NCC(=O)N[C@@H](CO)C(=O)N[C@@H](CCCNC(=N)N)C(=O)N[C@@H](CC(=O)O)C(=O)O)[C@@H](C)O)[C@@H](C)O. The van der Waals surface area contributed by atoms with Crippen molar-refractivity contribution in [3.63, 3.8) is 0 Å². The zero-order valence-corrected chi connectivity index (χ0v) is 64.0. The summed E-state index contributed by atoms with van der Waals surface area (Å²) in [5, 5.41) is 131. The van der Waals surface area contributed by atoms with Crippen LogP contribution in [0.4, 0.5) is 0 Å². The summed E-state index contributed by atoms with van der Waals surface area (Å²) in [7, 11) is 0. The normalized spacial score (nSPS) is 15.0. The van der Waals surface area contributed by atoms with Crippen LogP contribution in [0.5, 0.6) is 0 Å². The molecule has 0 saturated carbocycles. The highest BCUT2D eigenvalue weighted by Crippen LogP contribution is 2.22. The molecule has 2 aromatic carbocycles. The number of carboxylic acid groups (broad SMARTS) is 3. The number of fused-ring (bicyclic) bond motifs is 2. The van der Waals surface area contributed by atoms with E-state index in [0.29, 0.717) is 16.5 Å². The van der Waals surface area contributed by atoms with Crippen LogP contribution in [0, 0.1) is 16.7 Å². The van der Waals surface area contributed by atoms with E-state index in [1.165, 1.54) is 13.1 Å². The Morgan fingerprint density at radius 2 is 0.784 bits per heavy atom. The number of para-hydroxylation sites is 2. The molecule has 33 N–H and O–H groups in total. The lowest BCUT2D eigenvalue weighted by Gasteiger charge is -2.28. The van der Waals surface area contributed by atoms with E-state index >= 15 is 0 Å². The van der Waals surface area contributed by atoms with Crippen LogP contribution in [-0.4, -0.2) is 288 Å². The van der Waals surface area contributed by atoms with Crippen molar-refractivity contribution in [1.29, 1.82) is 10.8 Å². The van der Waals surface area contributed by atoms with E-state index in [9.17, 15) is 112 Å². The third-order valence-electron chi connectivity index (χ3n) is 17.5. The first-order valence-corrected chi connectivity index (χ1v) is 36.5. The predicted octanol–water partition coefficient (Wildman–Crippen LogP) is -9.94. The molecule has 0 aliphatic carbocycles. The van der Waals surface area contributed by atoms with Gasteiger partial charge in [-0.15, -0.1) is 0 Å². The maximum atomic E-state index is 14.8. The minimum absolute atomic E-state index is 0.0177. The minimum Gasteiger partial charge on any atom is -0.481 e. The number of nitrogens with two attached hydrogens (primary N) is 3. The van der Waals surface area contributed by atoms with Crippen molar-refractivity contribution in [3.8, 4) is 0 Å². The number of aliphatic hydroxyl groups is 5. The Morgan fingerprint density at radius 1 is 0.414 bits per heavy atom. The molecule has 15 atom stereocenters. The van der Waals surface area contributed by atoms with Crippen molar-refractivity contribution >= 4 is 128 Å². The van der Waals surface area contributed by atoms with Crippen LogP contribution in [0.15, 0.2) is 60.9 Å². The maximum absolute atomic E-state index is 14.8. The first kappa shape index (κ1) is 95.7. The van der Waals surface area contributed by atoms with Crippen molar-refractivity contribution in [2.45, 2.75) is 183 Å². The van der Waals surface area contributed by atoms with Crippen molar-refractivity contribution in [2.75, 3.05) is 39.5 Å². The number of carbonyl (C=O) groups is 16. The lowest BCUT2D eigenvalue weighted by Crippen LogP contribution is -2.63. The third kappa shape index (κ3) is 31.4. The number of carbonyl (C=O) groups excluding carboxylic acids is 13. The van der Waals surface area contributed by atoms with Gasteiger partial charge in [0.1, 0.15) is 72.5 Å².